The zero-order valence-electron chi connectivity index (χ0n) is 33.6. The molecule has 53 heavy (non-hydrogen) atoms. The standard InChI is InChI=1S/C36H63N5O9Si3/c1-12-22-40-28-31(38-34(37)39-32(28)44-23-26-25(11)46-36(43)48-26)41(35(40)42)33-30(50-53(19-8,20-9)21-10)29(49-52(16-5,17-6)18-7)27(47-33)24-45-51(13-2,14-3)15-4/h12,27,29-30,33H,1,13-24H2,2-11H3,(H2,37,38,39)/t27-,29-,30-,33?/m1/s1. The van der Waals surface area contributed by atoms with Crippen LogP contribution in [0.1, 0.15) is 80.1 Å². The molecule has 1 saturated heterocycles. The Bertz CT molecular complexity index is 1750. The van der Waals surface area contributed by atoms with Crippen LogP contribution in [0.3, 0.4) is 0 Å². The predicted molar refractivity (Wildman–Crippen MR) is 214 cm³/mol. The van der Waals surface area contributed by atoms with E-state index in [1.807, 2.05) is 0 Å². The Hall–Kier alpha value is -2.81. The Kier molecular flexibility index (Phi) is 14.8. The SMILES string of the molecule is C=CCn1c(=O)n(C2O[C@H](CO[Si](CC)(CC)CC)[C@@H](O[Si](CC)(CC)CC)[C@H]2O[Si](CC)(CC)CC)c2nc(N)nc(OCc3oc(=O)oc3C)c21. The molecule has 4 heterocycles. The monoisotopic (exact) mass is 793 g/mol. The summed E-state index contributed by atoms with van der Waals surface area (Å²) in [6.07, 6.45) is -0.903. The Morgan fingerprint density at radius 2 is 1.36 bits per heavy atom. The Morgan fingerprint density at radius 1 is 0.811 bits per heavy atom. The molecule has 3 aromatic rings. The first-order valence-corrected chi connectivity index (χ1v) is 27.2. The van der Waals surface area contributed by atoms with Gasteiger partial charge in [-0.15, -0.1) is 6.58 Å². The number of allylic oxidation sites excluding steroid dienone is 1. The largest absolute Gasteiger partial charge is 0.519 e. The number of anilines is 1. The lowest BCUT2D eigenvalue weighted by Crippen LogP contribution is -2.53. The zero-order chi connectivity index (χ0) is 39.1. The third-order valence-electron chi connectivity index (χ3n) is 11.9. The molecule has 0 aromatic carbocycles. The van der Waals surface area contributed by atoms with Crippen LogP contribution < -0.4 is 22.0 Å². The van der Waals surface area contributed by atoms with Crippen molar-refractivity contribution in [3.8, 4) is 5.88 Å². The molecule has 2 N–H and O–H groups in total. The lowest BCUT2D eigenvalue weighted by atomic mass is 10.1. The van der Waals surface area contributed by atoms with E-state index < -0.39 is 61.0 Å². The van der Waals surface area contributed by atoms with Crippen LogP contribution in [0, 0.1) is 6.92 Å². The first-order valence-electron chi connectivity index (χ1n) is 19.6. The highest BCUT2D eigenvalue weighted by Crippen LogP contribution is 2.42. The molecule has 1 aliphatic rings. The first-order chi connectivity index (χ1) is 25.3. The van der Waals surface area contributed by atoms with Crippen LogP contribution in [0.2, 0.25) is 54.4 Å². The van der Waals surface area contributed by atoms with Crippen molar-refractivity contribution in [2.24, 2.45) is 0 Å². The molecule has 4 rings (SSSR count). The van der Waals surface area contributed by atoms with Crippen molar-refractivity contribution in [1.82, 2.24) is 19.1 Å². The van der Waals surface area contributed by atoms with Gasteiger partial charge in [0.1, 0.15) is 18.3 Å². The molecule has 1 unspecified atom stereocenters. The van der Waals surface area contributed by atoms with Crippen molar-refractivity contribution in [2.75, 3.05) is 12.3 Å². The van der Waals surface area contributed by atoms with Crippen LogP contribution in [-0.2, 0) is 31.2 Å². The smallest absolute Gasteiger partial charge is 0.468 e. The Morgan fingerprint density at radius 3 is 1.85 bits per heavy atom. The third-order valence-corrected chi connectivity index (χ3v) is 25.9. The van der Waals surface area contributed by atoms with Gasteiger partial charge in [0.15, 0.2) is 60.5 Å². The summed E-state index contributed by atoms with van der Waals surface area (Å²) in [5.74, 6) is -0.449. The number of hydrogen-bond donors (Lipinski definition) is 1. The highest BCUT2D eigenvalue weighted by Gasteiger charge is 2.54. The maximum atomic E-state index is 14.8. The van der Waals surface area contributed by atoms with Gasteiger partial charge in [0.25, 0.3) is 0 Å². The number of aryl methyl sites for hydroxylation is 1. The number of nitrogens with two attached hydrogens (primary N) is 1. The lowest BCUT2D eigenvalue weighted by molar-refractivity contribution is -0.0482. The van der Waals surface area contributed by atoms with Gasteiger partial charge in [0, 0.05) is 6.54 Å². The quantitative estimate of drug-likeness (QED) is 0.0787. The van der Waals surface area contributed by atoms with Crippen molar-refractivity contribution < 1.29 is 31.6 Å². The average molecular weight is 794 g/mol. The number of nitrogen functional groups attached to an aromatic ring is 1. The fraction of sp³-hybridized carbons (Fsp3) is 0.722. The van der Waals surface area contributed by atoms with E-state index in [0.717, 1.165) is 54.4 Å². The van der Waals surface area contributed by atoms with Gasteiger partial charge in [-0.3, -0.25) is 4.57 Å². The van der Waals surface area contributed by atoms with Crippen LogP contribution >= 0.6 is 0 Å². The average Bonchev–Trinajstić information content (AvgIpc) is 3.77. The summed E-state index contributed by atoms with van der Waals surface area (Å²) < 4.78 is 48.1. The summed E-state index contributed by atoms with van der Waals surface area (Å²) in [4.78, 5) is 35.5. The number of aromatic nitrogens is 4. The van der Waals surface area contributed by atoms with Crippen LogP contribution in [0.25, 0.3) is 11.2 Å². The predicted octanol–water partition coefficient (Wildman–Crippen LogP) is 7.49. The van der Waals surface area contributed by atoms with Crippen LogP contribution in [0.15, 0.2) is 31.1 Å². The van der Waals surface area contributed by atoms with Gasteiger partial charge in [-0.25, -0.2) is 14.2 Å². The van der Waals surface area contributed by atoms with Crippen LogP contribution in [0.5, 0.6) is 5.88 Å². The molecule has 0 bridgehead atoms. The number of ether oxygens (including phenoxy) is 2. The minimum Gasteiger partial charge on any atom is -0.468 e. The fourth-order valence-electron chi connectivity index (χ4n) is 7.64. The van der Waals surface area contributed by atoms with E-state index >= 15 is 0 Å². The van der Waals surface area contributed by atoms with E-state index in [9.17, 15) is 9.59 Å². The summed E-state index contributed by atoms with van der Waals surface area (Å²) in [5, 5.41) is 0. The molecular weight excluding hydrogens is 731 g/mol. The molecule has 0 amide bonds. The molecule has 4 atom stereocenters. The fourth-order valence-corrected chi connectivity index (χ4v) is 16.0. The molecule has 3 aromatic heterocycles. The summed E-state index contributed by atoms with van der Waals surface area (Å²) in [5.41, 5.74) is 6.44. The summed E-state index contributed by atoms with van der Waals surface area (Å²) in [6, 6.07) is 8.50. The molecule has 0 aliphatic carbocycles. The summed E-state index contributed by atoms with van der Waals surface area (Å²) in [7, 11) is -6.60. The molecule has 17 heteroatoms. The van der Waals surface area contributed by atoms with Gasteiger partial charge in [-0.05, 0) is 61.3 Å². The molecule has 1 aliphatic heterocycles. The number of fused-ring (bicyclic) bond motifs is 1. The second-order valence-corrected chi connectivity index (χ2v) is 28.3. The molecule has 0 radical (unpaired) electrons. The summed E-state index contributed by atoms with van der Waals surface area (Å²) >= 11 is 0. The van der Waals surface area contributed by atoms with E-state index in [0.29, 0.717) is 12.1 Å². The van der Waals surface area contributed by atoms with Gasteiger partial charge in [-0.2, -0.15) is 9.97 Å². The van der Waals surface area contributed by atoms with E-state index in [2.05, 4.69) is 78.9 Å². The number of nitrogens with zero attached hydrogens (tertiary/aromatic N) is 4. The zero-order valence-corrected chi connectivity index (χ0v) is 36.6. The maximum Gasteiger partial charge on any atom is 0.519 e. The normalized spacial score (nSPS) is 19.7. The molecular formula is C36H63N5O9Si3. The molecule has 0 spiro atoms. The van der Waals surface area contributed by atoms with Crippen LogP contribution in [0.4, 0.5) is 5.95 Å². The second kappa shape index (κ2) is 18.2. The van der Waals surface area contributed by atoms with E-state index in [1.165, 1.54) is 9.13 Å². The summed E-state index contributed by atoms with van der Waals surface area (Å²) in [6.45, 7) is 25.6. The van der Waals surface area contributed by atoms with E-state index in [4.69, 9.17) is 37.3 Å². The van der Waals surface area contributed by atoms with Crippen molar-refractivity contribution in [1.29, 1.82) is 0 Å². The topological polar surface area (TPSA) is 168 Å². The van der Waals surface area contributed by atoms with Gasteiger partial charge in [0.05, 0.1) is 6.61 Å². The van der Waals surface area contributed by atoms with Crippen LogP contribution in [-0.4, -0.2) is 69.0 Å². The van der Waals surface area contributed by atoms with Gasteiger partial charge < -0.3 is 37.3 Å². The Labute approximate surface area is 316 Å². The molecule has 0 saturated carbocycles. The maximum absolute atomic E-state index is 14.8. The van der Waals surface area contributed by atoms with Gasteiger partial charge in [-0.1, -0.05) is 68.4 Å². The lowest BCUT2D eigenvalue weighted by Gasteiger charge is -2.40. The third kappa shape index (κ3) is 8.70. The minimum atomic E-state index is -2.33. The number of hydrogen-bond acceptors (Lipinski definition) is 12. The van der Waals surface area contributed by atoms with E-state index in [-0.39, 0.29) is 42.1 Å². The van der Waals surface area contributed by atoms with E-state index in [1.54, 1.807) is 13.0 Å². The number of rotatable bonds is 22. The van der Waals surface area contributed by atoms with Crippen molar-refractivity contribution >= 4 is 42.1 Å². The van der Waals surface area contributed by atoms with Gasteiger partial charge >= 0.3 is 11.5 Å². The van der Waals surface area contributed by atoms with Crippen molar-refractivity contribution in [3.63, 3.8) is 0 Å². The number of imidazole rings is 1. The van der Waals surface area contributed by atoms with Crippen molar-refractivity contribution in [3.05, 3.63) is 45.3 Å². The molecule has 298 valence electrons. The molecule has 14 nitrogen and oxygen atoms in total. The second-order valence-electron chi connectivity index (χ2n) is 14.1. The highest BCUT2D eigenvalue weighted by molar-refractivity contribution is 6.74. The Balaban J connectivity index is 1.97. The first kappa shape index (κ1) is 42.9. The van der Waals surface area contributed by atoms with Crippen molar-refractivity contribution in [2.45, 2.75) is 161 Å². The highest BCUT2D eigenvalue weighted by atomic mass is 28.4. The molecule has 1 fully saturated rings. The van der Waals surface area contributed by atoms with Gasteiger partial charge in [0.2, 0.25) is 11.8 Å². The minimum absolute atomic E-state index is 0.0370.